The largest absolute Gasteiger partial charge is 0.497 e. The summed E-state index contributed by atoms with van der Waals surface area (Å²) in [5, 5.41) is 4.12. The molecule has 3 N–H and O–H groups in total. The Morgan fingerprint density at radius 1 is 1.41 bits per heavy atom. The summed E-state index contributed by atoms with van der Waals surface area (Å²) in [4.78, 5) is 0. The van der Waals surface area contributed by atoms with E-state index in [1.54, 1.807) is 7.11 Å². The van der Waals surface area contributed by atoms with Crippen molar-refractivity contribution >= 4 is 29.1 Å². The van der Waals surface area contributed by atoms with E-state index in [1.807, 2.05) is 43.3 Å². The van der Waals surface area contributed by atoms with E-state index in [4.69, 9.17) is 10.5 Å². The van der Waals surface area contributed by atoms with Crippen LogP contribution >= 0.6 is 12.2 Å². The molecule has 1 aromatic carbocycles. The first-order chi connectivity index (χ1) is 8.11. The second-order valence-corrected chi connectivity index (χ2v) is 3.78. The summed E-state index contributed by atoms with van der Waals surface area (Å²) in [5.41, 5.74) is 9.63. The lowest BCUT2D eigenvalue weighted by Crippen LogP contribution is -2.24. The topological polar surface area (TPSA) is 59.6 Å². The molecule has 17 heavy (non-hydrogen) atoms. The third kappa shape index (κ3) is 5.12. The van der Waals surface area contributed by atoms with E-state index < -0.39 is 0 Å². The Kier molecular flexibility index (Phi) is 5.16. The SMILES string of the molecule is COc1ccc(/C=C/C(C)=N/NC(N)=S)cc1. The number of methoxy groups -OCH3 is 1. The lowest BCUT2D eigenvalue weighted by molar-refractivity contribution is 0.415. The molecule has 0 saturated heterocycles. The number of nitrogens with zero attached hydrogens (tertiary/aromatic N) is 1. The zero-order chi connectivity index (χ0) is 12.7. The normalized spacial score (nSPS) is 11.5. The van der Waals surface area contributed by atoms with Crippen molar-refractivity contribution < 1.29 is 4.74 Å². The number of allylic oxidation sites excluding steroid dienone is 1. The fourth-order valence-corrected chi connectivity index (χ4v) is 1.16. The highest BCUT2D eigenvalue weighted by molar-refractivity contribution is 7.80. The molecule has 1 aromatic rings. The van der Waals surface area contributed by atoms with Gasteiger partial charge in [0.25, 0.3) is 0 Å². The van der Waals surface area contributed by atoms with Crippen LogP contribution in [0.3, 0.4) is 0 Å². The Hall–Kier alpha value is -1.88. The number of nitrogens with two attached hydrogens (primary N) is 1. The van der Waals surface area contributed by atoms with Crippen LogP contribution in [-0.4, -0.2) is 17.9 Å². The first kappa shape index (κ1) is 13.2. The molecule has 5 heteroatoms. The maximum absolute atomic E-state index is 5.26. The number of benzene rings is 1. The molecule has 0 spiro atoms. The molecule has 0 amide bonds. The van der Waals surface area contributed by atoms with Gasteiger partial charge in [-0.15, -0.1) is 0 Å². The highest BCUT2D eigenvalue weighted by atomic mass is 32.1. The molecule has 0 aliphatic rings. The summed E-state index contributed by atoms with van der Waals surface area (Å²) in [6.45, 7) is 1.85. The van der Waals surface area contributed by atoms with Gasteiger partial charge in [-0.2, -0.15) is 5.10 Å². The lowest BCUT2D eigenvalue weighted by atomic mass is 10.2. The quantitative estimate of drug-likeness (QED) is 0.486. The van der Waals surface area contributed by atoms with E-state index in [0.29, 0.717) is 0 Å². The average molecular weight is 249 g/mol. The molecule has 0 radical (unpaired) electrons. The first-order valence-electron chi connectivity index (χ1n) is 5.03. The molecule has 0 aliphatic heterocycles. The Labute approximate surface area is 106 Å². The molecular formula is C12H15N3OS. The summed E-state index contributed by atoms with van der Waals surface area (Å²) >= 11 is 4.64. The predicted octanol–water partition coefficient (Wildman–Crippen LogP) is 1.92. The minimum atomic E-state index is 0.155. The Bertz CT molecular complexity index is 438. The van der Waals surface area contributed by atoms with Crippen molar-refractivity contribution in [3.63, 3.8) is 0 Å². The molecule has 90 valence electrons. The summed E-state index contributed by atoms with van der Waals surface area (Å²) in [5.74, 6) is 0.836. The van der Waals surface area contributed by atoms with Gasteiger partial charge in [0.2, 0.25) is 0 Å². The van der Waals surface area contributed by atoms with Crippen molar-refractivity contribution in [1.29, 1.82) is 0 Å². The van der Waals surface area contributed by atoms with Crippen LogP contribution in [0, 0.1) is 0 Å². The van der Waals surface area contributed by atoms with Gasteiger partial charge in [0.15, 0.2) is 5.11 Å². The van der Waals surface area contributed by atoms with Crippen LogP contribution in [0.25, 0.3) is 6.08 Å². The molecule has 0 unspecified atom stereocenters. The van der Waals surface area contributed by atoms with Crippen LogP contribution in [0.4, 0.5) is 0 Å². The van der Waals surface area contributed by atoms with Gasteiger partial charge in [-0.05, 0) is 42.9 Å². The first-order valence-corrected chi connectivity index (χ1v) is 5.44. The smallest absolute Gasteiger partial charge is 0.184 e. The molecule has 0 saturated carbocycles. The fourth-order valence-electron chi connectivity index (χ4n) is 1.11. The van der Waals surface area contributed by atoms with Crippen molar-refractivity contribution in [2.45, 2.75) is 6.92 Å². The van der Waals surface area contributed by atoms with Gasteiger partial charge in [0.1, 0.15) is 5.75 Å². The highest BCUT2D eigenvalue weighted by Gasteiger charge is 1.90. The number of hydrazone groups is 1. The number of nitrogens with one attached hydrogen (secondary N) is 1. The van der Waals surface area contributed by atoms with Crippen LogP contribution in [0.1, 0.15) is 12.5 Å². The molecule has 0 fully saturated rings. The molecule has 1 rings (SSSR count). The van der Waals surface area contributed by atoms with Gasteiger partial charge in [0, 0.05) is 0 Å². The van der Waals surface area contributed by atoms with Crippen LogP contribution < -0.4 is 15.9 Å². The van der Waals surface area contributed by atoms with E-state index >= 15 is 0 Å². The highest BCUT2D eigenvalue weighted by Crippen LogP contribution is 2.12. The molecule has 0 aromatic heterocycles. The Balaban J connectivity index is 2.63. The summed E-state index contributed by atoms with van der Waals surface area (Å²) in [6.07, 6.45) is 3.81. The number of hydrogen-bond acceptors (Lipinski definition) is 3. The van der Waals surface area contributed by atoms with E-state index in [1.165, 1.54) is 0 Å². The van der Waals surface area contributed by atoms with E-state index in [-0.39, 0.29) is 5.11 Å². The predicted molar refractivity (Wildman–Crippen MR) is 75.1 cm³/mol. The van der Waals surface area contributed by atoms with Crippen LogP contribution in [0.15, 0.2) is 35.4 Å². The third-order valence-corrected chi connectivity index (χ3v) is 2.07. The maximum atomic E-state index is 5.26. The van der Waals surface area contributed by atoms with E-state index in [9.17, 15) is 0 Å². The Morgan fingerprint density at radius 3 is 2.59 bits per heavy atom. The van der Waals surface area contributed by atoms with Crippen molar-refractivity contribution in [3.8, 4) is 5.75 Å². The van der Waals surface area contributed by atoms with Crippen LogP contribution in [0.5, 0.6) is 5.75 Å². The third-order valence-electron chi connectivity index (χ3n) is 1.98. The van der Waals surface area contributed by atoms with Crippen LogP contribution in [-0.2, 0) is 0 Å². The van der Waals surface area contributed by atoms with Gasteiger partial charge in [-0.25, -0.2) is 0 Å². The molecule has 0 atom stereocenters. The number of rotatable bonds is 4. The maximum Gasteiger partial charge on any atom is 0.184 e. The molecular weight excluding hydrogens is 234 g/mol. The van der Waals surface area contributed by atoms with Crippen molar-refractivity contribution in [1.82, 2.24) is 5.43 Å². The minimum Gasteiger partial charge on any atom is -0.497 e. The molecule has 0 heterocycles. The second-order valence-electron chi connectivity index (χ2n) is 3.34. The minimum absolute atomic E-state index is 0.155. The summed E-state index contributed by atoms with van der Waals surface area (Å²) < 4.78 is 5.07. The van der Waals surface area contributed by atoms with Crippen molar-refractivity contribution in [2.75, 3.05) is 7.11 Å². The van der Waals surface area contributed by atoms with Gasteiger partial charge in [-0.1, -0.05) is 18.2 Å². The number of thiocarbonyl (C=S) groups is 1. The van der Waals surface area contributed by atoms with E-state index in [2.05, 4.69) is 22.7 Å². The van der Waals surface area contributed by atoms with Crippen molar-refractivity contribution in [3.05, 3.63) is 35.9 Å². The molecule has 4 nitrogen and oxygen atoms in total. The Morgan fingerprint density at radius 2 is 2.06 bits per heavy atom. The fraction of sp³-hybridized carbons (Fsp3) is 0.167. The number of hydrogen-bond donors (Lipinski definition) is 2. The average Bonchev–Trinajstić information content (AvgIpc) is 2.34. The summed E-state index contributed by atoms with van der Waals surface area (Å²) in [6, 6.07) is 7.73. The monoisotopic (exact) mass is 249 g/mol. The second kappa shape index (κ2) is 6.65. The standard InChI is InChI=1S/C12H15N3OS/c1-9(14-15-12(13)17)3-4-10-5-7-11(16-2)8-6-10/h3-8H,1-2H3,(H3,13,15,17)/b4-3+,14-9+. The van der Waals surface area contributed by atoms with Gasteiger partial charge >= 0.3 is 0 Å². The zero-order valence-corrected chi connectivity index (χ0v) is 10.6. The van der Waals surface area contributed by atoms with Crippen molar-refractivity contribution in [2.24, 2.45) is 10.8 Å². The number of ether oxygens (including phenoxy) is 1. The lowest BCUT2D eigenvalue weighted by Gasteiger charge is -1.99. The summed E-state index contributed by atoms with van der Waals surface area (Å²) in [7, 11) is 1.64. The van der Waals surface area contributed by atoms with Gasteiger partial charge in [0.05, 0.1) is 12.8 Å². The zero-order valence-electron chi connectivity index (χ0n) is 9.81. The van der Waals surface area contributed by atoms with Gasteiger partial charge in [-0.3, -0.25) is 5.43 Å². The van der Waals surface area contributed by atoms with E-state index in [0.717, 1.165) is 17.0 Å². The van der Waals surface area contributed by atoms with Gasteiger partial charge < -0.3 is 10.5 Å². The molecule has 0 bridgehead atoms. The van der Waals surface area contributed by atoms with Crippen LogP contribution in [0.2, 0.25) is 0 Å². The molecule has 0 aliphatic carbocycles.